The van der Waals surface area contributed by atoms with E-state index in [1.54, 1.807) is 6.08 Å². The Balaban J connectivity index is 2.39. The summed E-state index contributed by atoms with van der Waals surface area (Å²) >= 11 is 0. The number of carboxylic acids is 1. The Bertz CT molecular complexity index is 432. The molecule has 0 aliphatic heterocycles. The summed E-state index contributed by atoms with van der Waals surface area (Å²) in [6, 6.07) is 0. The van der Waals surface area contributed by atoms with Crippen LogP contribution in [0.25, 0.3) is 0 Å². The number of Topliss-reactive ketones (excluding diaryl/α,β-unsaturated/α-hetero) is 1. The minimum atomic E-state index is -0.767. The Hall–Kier alpha value is -1.20. The van der Waals surface area contributed by atoms with Crippen LogP contribution in [0.3, 0.4) is 0 Å². The summed E-state index contributed by atoms with van der Waals surface area (Å²) in [6.07, 6.45) is 10.7. The summed E-state index contributed by atoms with van der Waals surface area (Å²) in [4.78, 5) is 22.6. The van der Waals surface area contributed by atoms with E-state index in [4.69, 9.17) is 5.11 Å². The van der Waals surface area contributed by atoms with Crippen molar-refractivity contribution in [3.05, 3.63) is 12.2 Å². The molecule has 0 saturated heterocycles. The molecule has 5 nitrogen and oxygen atoms in total. The Labute approximate surface area is 151 Å². The van der Waals surface area contributed by atoms with Crippen LogP contribution in [0.1, 0.15) is 77.6 Å². The molecule has 0 heterocycles. The van der Waals surface area contributed by atoms with E-state index in [-0.39, 0.29) is 30.5 Å². The Kier molecular flexibility index (Phi) is 10.7. The number of ketones is 1. The molecule has 3 N–H and O–H groups in total. The van der Waals surface area contributed by atoms with Gasteiger partial charge in [0.1, 0.15) is 5.78 Å². The second-order valence-electron chi connectivity index (χ2n) is 7.22. The zero-order valence-electron chi connectivity index (χ0n) is 15.4. The van der Waals surface area contributed by atoms with Crippen molar-refractivity contribution >= 4 is 11.8 Å². The van der Waals surface area contributed by atoms with Gasteiger partial charge in [-0.3, -0.25) is 9.59 Å². The van der Waals surface area contributed by atoms with Gasteiger partial charge in [-0.1, -0.05) is 57.6 Å². The molecule has 144 valence electrons. The van der Waals surface area contributed by atoms with Crippen molar-refractivity contribution in [2.75, 3.05) is 0 Å². The van der Waals surface area contributed by atoms with Gasteiger partial charge in [0, 0.05) is 24.7 Å². The molecular formula is C20H34O5. The molecule has 5 heteroatoms. The fourth-order valence-electron chi connectivity index (χ4n) is 3.54. The first-order chi connectivity index (χ1) is 12.0. The number of hydrogen-bond donors (Lipinski definition) is 3. The van der Waals surface area contributed by atoms with Gasteiger partial charge >= 0.3 is 5.97 Å². The topological polar surface area (TPSA) is 94.8 Å². The molecule has 0 aromatic heterocycles. The van der Waals surface area contributed by atoms with E-state index < -0.39 is 18.2 Å². The van der Waals surface area contributed by atoms with E-state index in [0.29, 0.717) is 6.42 Å². The molecule has 25 heavy (non-hydrogen) atoms. The zero-order chi connectivity index (χ0) is 18.7. The van der Waals surface area contributed by atoms with Crippen molar-refractivity contribution in [3.8, 4) is 0 Å². The number of aliphatic carboxylic acids is 1. The number of aliphatic hydroxyl groups is 2. The lowest BCUT2D eigenvalue weighted by Gasteiger charge is -2.18. The van der Waals surface area contributed by atoms with E-state index >= 15 is 0 Å². The van der Waals surface area contributed by atoms with Crippen molar-refractivity contribution in [2.45, 2.75) is 89.8 Å². The SMILES string of the molecule is CCCCC[C@H](O)C=CC1[C@H](O)CC(=O)[C@H]1CCCCCCC(=O)O. The van der Waals surface area contributed by atoms with Crippen LogP contribution in [0.2, 0.25) is 0 Å². The van der Waals surface area contributed by atoms with Crippen molar-refractivity contribution < 1.29 is 24.9 Å². The molecule has 0 radical (unpaired) electrons. The molecule has 1 saturated carbocycles. The molecule has 4 atom stereocenters. The van der Waals surface area contributed by atoms with Crippen LogP contribution < -0.4 is 0 Å². The maximum atomic E-state index is 12.1. The molecule has 1 fully saturated rings. The van der Waals surface area contributed by atoms with E-state index in [0.717, 1.165) is 51.4 Å². The highest BCUT2D eigenvalue weighted by atomic mass is 16.4. The summed E-state index contributed by atoms with van der Waals surface area (Å²) in [5.74, 6) is -1.04. The van der Waals surface area contributed by atoms with Crippen LogP contribution in [0, 0.1) is 11.8 Å². The van der Waals surface area contributed by atoms with Crippen LogP contribution in [0.4, 0.5) is 0 Å². The minimum absolute atomic E-state index is 0.105. The lowest BCUT2D eigenvalue weighted by molar-refractivity contribution is -0.137. The molecule has 1 aliphatic carbocycles. The van der Waals surface area contributed by atoms with Gasteiger partial charge in [0.2, 0.25) is 0 Å². The monoisotopic (exact) mass is 354 g/mol. The van der Waals surface area contributed by atoms with Gasteiger partial charge in [-0.2, -0.15) is 0 Å². The Morgan fingerprint density at radius 1 is 1.20 bits per heavy atom. The molecule has 0 amide bonds. The smallest absolute Gasteiger partial charge is 0.303 e. The fourth-order valence-corrected chi connectivity index (χ4v) is 3.54. The third-order valence-electron chi connectivity index (χ3n) is 5.05. The maximum Gasteiger partial charge on any atom is 0.303 e. The number of hydrogen-bond acceptors (Lipinski definition) is 4. The van der Waals surface area contributed by atoms with Gasteiger partial charge in [-0.05, 0) is 19.3 Å². The summed E-state index contributed by atoms with van der Waals surface area (Å²) in [5, 5.41) is 28.7. The number of carbonyl (C=O) groups excluding carboxylic acids is 1. The summed E-state index contributed by atoms with van der Waals surface area (Å²) < 4.78 is 0. The van der Waals surface area contributed by atoms with Crippen LogP contribution in [0.15, 0.2) is 12.2 Å². The average Bonchev–Trinajstić information content (AvgIpc) is 2.82. The zero-order valence-corrected chi connectivity index (χ0v) is 15.4. The Morgan fingerprint density at radius 2 is 1.92 bits per heavy atom. The molecule has 1 unspecified atom stereocenters. The maximum absolute atomic E-state index is 12.1. The summed E-state index contributed by atoms with van der Waals surface area (Å²) in [5.41, 5.74) is 0. The van der Waals surface area contributed by atoms with E-state index in [2.05, 4.69) is 6.92 Å². The predicted molar refractivity (Wildman–Crippen MR) is 97.2 cm³/mol. The summed E-state index contributed by atoms with van der Waals surface area (Å²) in [6.45, 7) is 2.12. The van der Waals surface area contributed by atoms with Crippen molar-refractivity contribution in [1.82, 2.24) is 0 Å². The van der Waals surface area contributed by atoms with E-state index in [1.165, 1.54) is 0 Å². The second kappa shape index (κ2) is 12.2. The predicted octanol–water partition coefficient (Wildman–Crippen LogP) is 3.48. The third kappa shape index (κ3) is 8.63. The van der Waals surface area contributed by atoms with Crippen LogP contribution in [0.5, 0.6) is 0 Å². The van der Waals surface area contributed by atoms with Crippen molar-refractivity contribution in [2.24, 2.45) is 11.8 Å². The number of unbranched alkanes of at least 4 members (excludes halogenated alkanes) is 5. The van der Waals surface area contributed by atoms with Gasteiger partial charge in [-0.25, -0.2) is 0 Å². The van der Waals surface area contributed by atoms with Crippen LogP contribution in [-0.4, -0.2) is 39.3 Å². The van der Waals surface area contributed by atoms with E-state index in [9.17, 15) is 19.8 Å². The molecule has 0 bridgehead atoms. The minimum Gasteiger partial charge on any atom is -0.481 e. The van der Waals surface area contributed by atoms with Crippen LogP contribution >= 0.6 is 0 Å². The Morgan fingerprint density at radius 3 is 2.60 bits per heavy atom. The lowest BCUT2D eigenvalue weighted by Crippen LogP contribution is -2.19. The largest absolute Gasteiger partial charge is 0.481 e. The van der Waals surface area contributed by atoms with Crippen molar-refractivity contribution in [3.63, 3.8) is 0 Å². The quantitative estimate of drug-likeness (QED) is 0.348. The van der Waals surface area contributed by atoms with Crippen LogP contribution in [-0.2, 0) is 9.59 Å². The third-order valence-corrected chi connectivity index (χ3v) is 5.05. The average molecular weight is 354 g/mol. The molecular weight excluding hydrogens is 320 g/mol. The number of aliphatic hydroxyl groups excluding tert-OH is 2. The lowest BCUT2D eigenvalue weighted by atomic mass is 9.88. The van der Waals surface area contributed by atoms with Crippen molar-refractivity contribution in [1.29, 1.82) is 0 Å². The highest BCUT2D eigenvalue weighted by molar-refractivity contribution is 5.84. The highest BCUT2D eigenvalue weighted by Crippen LogP contribution is 2.34. The molecule has 0 aromatic carbocycles. The highest BCUT2D eigenvalue weighted by Gasteiger charge is 2.39. The first-order valence-corrected chi connectivity index (χ1v) is 9.74. The molecule has 0 aromatic rings. The van der Waals surface area contributed by atoms with Gasteiger partial charge in [0.25, 0.3) is 0 Å². The molecule has 1 aliphatic rings. The molecule has 0 spiro atoms. The summed E-state index contributed by atoms with van der Waals surface area (Å²) in [7, 11) is 0. The molecule has 1 rings (SSSR count). The number of carboxylic acid groups (broad SMARTS) is 1. The fraction of sp³-hybridized carbons (Fsp3) is 0.800. The van der Waals surface area contributed by atoms with E-state index in [1.807, 2.05) is 6.08 Å². The first-order valence-electron chi connectivity index (χ1n) is 9.74. The normalized spacial score (nSPS) is 24.9. The number of rotatable bonds is 13. The second-order valence-corrected chi connectivity index (χ2v) is 7.22. The number of carbonyl (C=O) groups is 2. The standard InChI is InChI=1S/C20H34O5/c1-2-3-6-9-15(21)12-13-17-16(18(22)14-19(17)23)10-7-4-5-8-11-20(24)25/h12-13,15-17,19,21,23H,2-11,14H2,1H3,(H,24,25)/t15-,16-,17?,19+/m0/s1. The van der Waals surface area contributed by atoms with Gasteiger partial charge in [0.05, 0.1) is 12.2 Å². The first kappa shape index (κ1) is 21.8. The van der Waals surface area contributed by atoms with Gasteiger partial charge in [0.15, 0.2) is 0 Å². The van der Waals surface area contributed by atoms with Gasteiger partial charge in [-0.15, -0.1) is 0 Å². The van der Waals surface area contributed by atoms with Gasteiger partial charge < -0.3 is 15.3 Å².